The summed E-state index contributed by atoms with van der Waals surface area (Å²) in [5, 5.41) is 0. The predicted molar refractivity (Wildman–Crippen MR) is 71.3 cm³/mol. The van der Waals surface area contributed by atoms with Gasteiger partial charge < -0.3 is 5.73 Å². The van der Waals surface area contributed by atoms with Gasteiger partial charge in [0, 0.05) is 10.0 Å². The topological polar surface area (TPSA) is 26.0 Å². The van der Waals surface area contributed by atoms with Crippen LogP contribution >= 0.6 is 15.9 Å². The summed E-state index contributed by atoms with van der Waals surface area (Å²) in [6.45, 7) is 1.89. The van der Waals surface area contributed by atoms with Gasteiger partial charge in [0.1, 0.15) is 11.6 Å². The second-order valence-electron chi connectivity index (χ2n) is 4.14. The van der Waals surface area contributed by atoms with Crippen LogP contribution in [0.15, 0.2) is 40.9 Å². The summed E-state index contributed by atoms with van der Waals surface area (Å²) < 4.78 is 27.7. The highest BCUT2D eigenvalue weighted by Gasteiger charge is 2.16. The third kappa shape index (κ3) is 2.60. The Bertz CT molecular complexity index is 533. The van der Waals surface area contributed by atoms with E-state index in [2.05, 4.69) is 15.9 Å². The van der Waals surface area contributed by atoms with Gasteiger partial charge in [0.15, 0.2) is 0 Å². The smallest absolute Gasteiger partial charge is 0.128 e. The van der Waals surface area contributed by atoms with Crippen LogP contribution < -0.4 is 5.73 Å². The van der Waals surface area contributed by atoms with Gasteiger partial charge in [-0.2, -0.15) is 0 Å². The maximum Gasteiger partial charge on any atom is 0.128 e. The zero-order valence-corrected chi connectivity index (χ0v) is 11.3. The summed E-state index contributed by atoms with van der Waals surface area (Å²) in [5.41, 5.74) is 7.90. The zero-order chi connectivity index (χ0) is 13.3. The van der Waals surface area contributed by atoms with Crippen molar-refractivity contribution in [3.05, 3.63) is 69.2 Å². The summed E-state index contributed by atoms with van der Waals surface area (Å²) in [7, 11) is 0. The van der Waals surface area contributed by atoms with E-state index in [1.165, 1.54) is 0 Å². The van der Waals surface area contributed by atoms with Crippen LogP contribution in [0.2, 0.25) is 0 Å². The Morgan fingerprint density at radius 1 is 1.06 bits per heavy atom. The molecule has 1 nitrogen and oxygen atoms in total. The Morgan fingerprint density at radius 2 is 1.78 bits per heavy atom. The van der Waals surface area contributed by atoms with Crippen molar-refractivity contribution < 1.29 is 8.78 Å². The summed E-state index contributed by atoms with van der Waals surface area (Å²) in [4.78, 5) is 0. The molecule has 1 unspecified atom stereocenters. The Hall–Kier alpha value is -1.26. The third-order valence-electron chi connectivity index (χ3n) is 2.87. The minimum absolute atomic E-state index is 0.163. The molecule has 0 amide bonds. The summed E-state index contributed by atoms with van der Waals surface area (Å²) >= 11 is 3.35. The SMILES string of the molecule is Cc1ccc(Br)cc1C(N)c1cc(F)ccc1F. The average Bonchev–Trinajstić information content (AvgIpc) is 2.34. The molecule has 2 N–H and O–H groups in total. The first-order chi connectivity index (χ1) is 8.49. The Morgan fingerprint density at radius 3 is 2.50 bits per heavy atom. The van der Waals surface area contributed by atoms with Crippen LogP contribution in [0.5, 0.6) is 0 Å². The van der Waals surface area contributed by atoms with Gasteiger partial charge in [-0.3, -0.25) is 0 Å². The number of hydrogen-bond acceptors (Lipinski definition) is 1. The first-order valence-corrected chi connectivity index (χ1v) is 6.25. The van der Waals surface area contributed by atoms with Gasteiger partial charge in [-0.25, -0.2) is 8.78 Å². The molecule has 0 aliphatic carbocycles. The van der Waals surface area contributed by atoms with Crippen LogP contribution in [-0.2, 0) is 0 Å². The van der Waals surface area contributed by atoms with Crippen molar-refractivity contribution in [3.63, 3.8) is 0 Å². The van der Waals surface area contributed by atoms with E-state index in [1.54, 1.807) is 0 Å². The van der Waals surface area contributed by atoms with Gasteiger partial charge in [-0.15, -0.1) is 0 Å². The molecule has 0 spiro atoms. The molecule has 0 aromatic heterocycles. The van der Waals surface area contributed by atoms with Crippen molar-refractivity contribution in [2.24, 2.45) is 5.73 Å². The second kappa shape index (κ2) is 5.16. The standard InChI is InChI=1S/C14H12BrF2N/c1-8-2-3-9(15)6-11(8)14(18)12-7-10(16)4-5-13(12)17/h2-7,14H,18H2,1H3. The van der Waals surface area contributed by atoms with E-state index in [9.17, 15) is 8.78 Å². The fourth-order valence-corrected chi connectivity index (χ4v) is 2.25. The van der Waals surface area contributed by atoms with E-state index in [1.807, 2.05) is 25.1 Å². The number of rotatable bonds is 2. The molecule has 0 bridgehead atoms. The highest BCUT2D eigenvalue weighted by Crippen LogP contribution is 2.27. The molecule has 18 heavy (non-hydrogen) atoms. The van der Waals surface area contributed by atoms with Crippen LogP contribution in [0, 0.1) is 18.6 Å². The molecule has 0 saturated heterocycles. The number of aryl methyl sites for hydroxylation is 1. The lowest BCUT2D eigenvalue weighted by Gasteiger charge is -2.16. The van der Waals surface area contributed by atoms with Gasteiger partial charge in [0.2, 0.25) is 0 Å². The van der Waals surface area contributed by atoms with E-state index in [4.69, 9.17) is 5.73 Å². The van der Waals surface area contributed by atoms with E-state index in [-0.39, 0.29) is 5.56 Å². The van der Waals surface area contributed by atoms with Crippen LogP contribution in [0.3, 0.4) is 0 Å². The lowest BCUT2D eigenvalue weighted by atomic mass is 9.95. The first kappa shape index (κ1) is 13.2. The van der Waals surface area contributed by atoms with E-state index in [0.717, 1.165) is 33.8 Å². The fourth-order valence-electron chi connectivity index (χ4n) is 1.87. The molecule has 0 radical (unpaired) electrons. The maximum atomic E-state index is 13.7. The molecule has 0 heterocycles. The van der Waals surface area contributed by atoms with Gasteiger partial charge in [0.25, 0.3) is 0 Å². The largest absolute Gasteiger partial charge is 0.320 e. The molecule has 4 heteroatoms. The molecule has 1 atom stereocenters. The Balaban J connectivity index is 2.50. The Labute approximate surface area is 113 Å². The molecule has 0 saturated carbocycles. The van der Waals surface area contributed by atoms with Gasteiger partial charge in [-0.05, 0) is 48.4 Å². The average molecular weight is 312 g/mol. The monoisotopic (exact) mass is 311 g/mol. The molecule has 0 fully saturated rings. The number of benzene rings is 2. The number of halogens is 3. The van der Waals surface area contributed by atoms with Crippen LogP contribution in [0.25, 0.3) is 0 Å². The van der Waals surface area contributed by atoms with Crippen molar-refractivity contribution in [2.75, 3.05) is 0 Å². The number of hydrogen-bond donors (Lipinski definition) is 1. The Kier molecular flexibility index (Phi) is 3.78. The van der Waals surface area contributed by atoms with Crippen LogP contribution in [-0.4, -0.2) is 0 Å². The predicted octanol–water partition coefficient (Wildman–Crippen LogP) is 4.08. The fraction of sp³-hybridized carbons (Fsp3) is 0.143. The van der Waals surface area contributed by atoms with Gasteiger partial charge in [-0.1, -0.05) is 22.0 Å². The highest BCUT2D eigenvalue weighted by molar-refractivity contribution is 9.10. The van der Waals surface area contributed by atoms with Crippen molar-refractivity contribution >= 4 is 15.9 Å². The normalized spacial score (nSPS) is 12.5. The quantitative estimate of drug-likeness (QED) is 0.888. The molecule has 0 aliphatic rings. The molecule has 2 rings (SSSR count). The van der Waals surface area contributed by atoms with Gasteiger partial charge in [0.05, 0.1) is 6.04 Å². The molecule has 2 aromatic rings. The second-order valence-corrected chi connectivity index (χ2v) is 5.06. The lowest BCUT2D eigenvalue weighted by molar-refractivity contribution is 0.576. The van der Waals surface area contributed by atoms with Crippen LogP contribution in [0.1, 0.15) is 22.7 Å². The molecule has 94 valence electrons. The van der Waals surface area contributed by atoms with E-state index in [0.29, 0.717) is 0 Å². The zero-order valence-electron chi connectivity index (χ0n) is 9.75. The summed E-state index contributed by atoms with van der Waals surface area (Å²) in [5.74, 6) is -0.988. The van der Waals surface area contributed by atoms with E-state index < -0.39 is 17.7 Å². The van der Waals surface area contributed by atoms with Crippen molar-refractivity contribution in [2.45, 2.75) is 13.0 Å². The van der Waals surface area contributed by atoms with Crippen molar-refractivity contribution in [3.8, 4) is 0 Å². The lowest BCUT2D eigenvalue weighted by Crippen LogP contribution is -2.15. The molecular weight excluding hydrogens is 300 g/mol. The maximum absolute atomic E-state index is 13.7. The van der Waals surface area contributed by atoms with Crippen LogP contribution in [0.4, 0.5) is 8.78 Å². The summed E-state index contributed by atoms with van der Waals surface area (Å²) in [6, 6.07) is 8.23. The van der Waals surface area contributed by atoms with Gasteiger partial charge >= 0.3 is 0 Å². The molecule has 2 aromatic carbocycles. The minimum atomic E-state index is -0.682. The minimum Gasteiger partial charge on any atom is -0.320 e. The summed E-state index contributed by atoms with van der Waals surface area (Å²) in [6.07, 6.45) is 0. The first-order valence-electron chi connectivity index (χ1n) is 5.45. The highest BCUT2D eigenvalue weighted by atomic mass is 79.9. The van der Waals surface area contributed by atoms with Crippen molar-refractivity contribution in [1.29, 1.82) is 0 Å². The van der Waals surface area contributed by atoms with E-state index >= 15 is 0 Å². The molecular formula is C14H12BrF2N. The molecule has 0 aliphatic heterocycles. The third-order valence-corrected chi connectivity index (χ3v) is 3.36. The van der Waals surface area contributed by atoms with Crippen molar-refractivity contribution in [1.82, 2.24) is 0 Å². The number of nitrogens with two attached hydrogens (primary N) is 1.